The third kappa shape index (κ3) is 6.61. The van der Waals surface area contributed by atoms with Crippen molar-refractivity contribution in [2.75, 3.05) is 27.2 Å². The van der Waals surface area contributed by atoms with E-state index in [1.807, 2.05) is 0 Å². The smallest absolute Gasteiger partial charge is 0.332 e. The molecule has 1 unspecified atom stereocenters. The van der Waals surface area contributed by atoms with Crippen LogP contribution in [0, 0.1) is 5.92 Å². The first kappa shape index (κ1) is 17.2. The van der Waals surface area contributed by atoms with Crippen molar-refractivity contribution in [3.63, 3.8) is 0 Å². The Labute approximate surface area is 111 Å². The van der Waals surface area contributed by atoms with Crippen LogP contribution in [0.1, 0.15) is 13.3 Å². The molecule has 0 bridgehead atoms. The Balaban J connectivity index is 4.01. The van der Waals surface area contributed by atoms with Gasteiger partial charge >= 0.3 is 12.0 Å². The van der Waals surface area contributed by atoms with Crippen molar-refractivity contribution in [1.82, 2.24) is 15.5 Å². The lowest BCUT2D eigenvalue weighted by atomic mass is 10.1. The van der Waals surface area contributed by atoms with Gasteiger partial charge in [0.25, 0.3) is 0 Å². The van der Waals surface area contributed by atoms with E-state index in [0.29, 0.717) is 0 Å². The molecule has 2 atom stereocenters. The number of urea groups is 1. The van der Waals surface area contributed by atoms with Gasteiger partial charge in [-0.25, -0.2) is 9.59 Å². The molecule has 0 aromatic heterocycles. The second-order valence-electron chi connectivity index (χ2n) is 4.27. The Hall–Kier alpha value is -1.83. The molecule has 8 heteroatoms. The highest BCUT2D eigenvalue weighted by Crippen LogP contribution is 1.98. The Bertz CT molecular complexity index is 334. The predicted molar refractivity (Wildman–Crippen MR) is 67.5 cm³/mol. The number of aliphatic carboxylic acids is 1. The van der Waals surface area contributed by atoms with Gasteiger partial charge < -0.3 is 25.7 Å². The summed E-state index contributed by atoms with van der Waals surface area (Å²) >= 11 is 0. The molecule has 8 nitrogen and oxygen atoms in total. The topological polar surface area (TPSA) is 119 Å². The minimum Gasteiger partial charge on any atom is -0.479 e. The van der Waals surface area contributed by atoms with Crippen molar-refractivity contribution in [3.05, 3.63) is 0 Å². The summed E-state index contributed by atoms with van der Waals surface area (Å²) in [5.41, 5.74) is 0. The maximum Gasteiger partial charge on any atom is 0.332 e. The maximum absolute atomic E-state index is 11.6. The van der Waals surface area contributed by atoms with Gasteiger partial charge in [-0.1, -0.05) is 6.92 Å². The number of carboxylic acids is 1. The number of carbonyl (C=O) groups is 3. The quantitative estimate of drug-likeness (QED) is 0.467. The zero-order valence-electron chi connectivity index (χ0n) is 11.3. The van der Waals surface area contributed by atoms with Crippen molar-refractivity contribution in [1.29, 1.82) is 0 Å². The molecule has 0 saturated carbocycles. The number of hydrogen-bond acceptors (Lipinski definition) is 4. The highest BCUT2D eigenvalue weighted by Gasteiger charge is 2.18. The van der Waals surface area contributed by atoms with Crippen LogP contribution in [0.2, 0.25) is 0 Å². The molecule has 0 saturated heterocycles. The molecule has 0 fully saturated rings. The second-order valence-corrected chi connectivity index (χ2v) is 4.27. The minimum atomic E-state index is -1.49. The molecular weight excluding hydrogens is 254 g/mol. The molecule has 0 aromatic rings. The van der Waals surface area contributed by atoms with Crippen LogP contribution in [-0.2, 0) is 9.59 Å². The second kappa shape index (κ2) is 8.30. The lowest BCUT2D eigenvalue weighted by Gasteiger charge is -2.21. The number of aliphatic hydroxyl groups excluding tert-OH is 1. The van der Waals surface area contributed by atoms with Gasteiger partial charge in [0, 0.05) is 33.6 Å². The highest BCUT2D eigenvalue weighted by atomic mass is 16.4. The van der Waals surface area contributed by atoms with E-state index in [-0.39, 0.29) is 31.3 Å². The van der Waals surface area contributed by atoms with Crippen molar-refractivity contribution in [3.8, 4) is 0 Å². The highest BCUT2D eigenvalue weighted by molar-refractivity contribution is 5.79. The van der Waals surface area contributed by atoms with Crippen molar-refractivity contribution >= 4 is 17.9 Å². The van der Waals surface area contributed by atoms with Crippen LogP contribution < -0.4 is 10.6 Å². The predicted octanol–water partition coefficient (Wildman–Crippen LogP) is -1.15. The zero-order valence-corrected chi connectivity index (χ0v) is 11.3. The Kier molecular flexibility index (Phi) is 7.50. The fraction of sp³-hybridized carbons (Fsp3) is 0.727. The number of amides is 3. The van der Waals surface area contributed by atoms with Crippen molar-refractivity contribution in [2.45, 2.75) is 19.4 Å². The van der Waals surface area contributed by atoms with Crippen LogP contribution in [0.3, 0.4) is 0 Å². The largest absolute Gasteiger partial charge is 0.479 e. The molecule has 19 heavy (non-hydrogen) atoms. The first-order valence-electron chi connectivity index (χ1n) is 5.91. The first-order valence-corrected chi connectivity index (χ1v) is 5.91. The maximum atomic E-state index is 11.6. The van der Waals surface area contributed by atoms with E-state index >= 15 is 0 Å². The van der Waals surface area contributed by atoms with Gasteiger partial charge in [0.15, 0.2) is 6.10 Å². The Morgan fingerprint density at radius 2 is 1.89 bits per heavy atom. The SMILES string of the molecule is CNC(=O)C(C)CN(C)C(=O)NCC[C@H](O)C(=O)O. The Morgan fingerprint density at radius 1 is 1.32 bits per heavy atom. The van der Waals surface area contributed by atoms with E-state index in [4.69, 9.17) is 10.2 Å². The number of hydrogen-bond donors (Lipinski definition) is 4. The van der Waals surface area contributed by atoms with Gasteiger partial charge in [-0.2, -0.15) is 0 Å². The molecule has 0 radical (unpaired) electrons. The van der Waals surface area contributed by atoms with Crippen LogP contribution in [0.5, 0.6) is 0 Å². The summed E-state index contributed by atoms with van der Waals surface area (Å²) in [5, 5.41) is 22.4. The van der Waals surface area contributed by atoms with Gasteiger partial charge in [-0.3, -0.25) is 4.79 Å². The average Bonchev–Trinajstić information content (AvgIpc) is 2.36. The molecule has 0 aliphatic rings. The van der Waals surface area contributed by atoms with E-state index in [9.17, 15) is 14.4 Å². The van der Waals surface area contributed by atoms with Gasteiger partial charge in [-0.15, -0.1) is 0 Å². The van der Waals surface area contributed by atoms with E-state index < -0.39 is 18.1 Å². The van der Waals surface area contributed by atoms with E-state index in [0.717, 1.165) is 0 Å². The van der Waals surface area contributed by atoms with Crippen LogP contribution in [0.15, 0.2) is 0 Å². The molecule has 0 aliphatic carbocycles. The zero-order chi connectivity index (χ0) is 15.0. The third-order valence-electron chi connectivity index (χ3n) is 2.57. The fourth-order valence-corrected chi connectivity index (χ4v) is 1.40. The van der Waals surface area contributed by atoms with Gasteiger partial charge in [0.05, 0.1) is 5.92 Å². The van der Waals surface area contributed by atoms with Crippen LogP contribution in [0.25, 0.3) is 0 Å². The summed E-state index contributed by atoms with van der Waals surface area (Å²) in [6.07, 6.45) is -1.56. The van der Waals surface area contributed by atoms with Gasteiger partial charge in [0.1, 0.15) is 0 Å². The molecule has 0 rings (SSSR count). The number of aliphatic hydroxyl groups is 1. The number of nitrogens with one attached hydrogen (secondary N) is 2. The number of carbonyl (C=O) groups excluding carboxylic acids is 2. The molecule has 0 spiro atoms. The first-order chi connectivity index (χ1) is 8.79. The third-order valence-corrected chi connectivity index (χ3v) is 2.57. The van der Waals surface area contributed by atoms with Crippen molar-refractivity contribution < 1.29 is 24.6 Å². The van der Waals surface area contributed by atoms with Crippen molar-refractivity contribution in [2.24, 2.45) is 5.92 Å². The average molecular weight is 275 g/mol. The molecule has 3 amide bonds. The summed E-state index contributed by atoms with van der Waals surface area (Å²) in [5.74, 6) is -1.83. The standard InChI is InChI=1S/C11H21N3O5/c1-7(9(16)12-2)6-14(3)11(19)13-5-4-8(15)10(17)18/h7-8,15H,4-6H2,1-3H3,(H,12,16)(H,13,19)(H,17,18)/t7?,8-/m0/s1. The summed E-state index contributed by atoms with van der Waals surface area (Å²) in [6, 6.07) is -0.423. The Morgan fingerprint density at radius 3 is 2.37 bits per heavy atom. The number of rotatable bonds is 7. The van der Waals surface area contributed by atoms with E-state index in [2.05, 4.69) is 10.6 Å². The monoisotopic (exact) mass is 275 g/mol. The summed E-state index contributed by atoms with van der Waals surface area (Å²) in [6.45, 7) is 1.98. The van der Waals surface area contributed by atoms with Gasteiger partial charge in [-0.05, 0) is 0 Å². The number of nitrogens with zero attached hydrogens (tertiary/aromatic N) is 1. The molecule has 0 aromatic carbocycles. The minimum absolute atomic E-state index is 0.0466. The molecule has 4 N–H and O–H groups in total. The molecule has 110 valence electrons. The molecule has 0 aliphatic heterocycles. The van der Waals surface area contributed by atoms with Crippen LogP contribution >= 0.6 is 0 Å². The van der Waals surface area contributed by atoms with Gasteiger partial charge in [0.2, 0.25) is 5.91 Å². The number of carboxylic acid groups (broad SMARTS) is 1. The molecular formula is C11H21N3O5. The fourth-order valence-electron chi connectivity index (χ4n) is 1.40. The summed E-state index contributed by atoms with van der Waals surface area (Å²) < 4.78 is 0. The normalized spacial score (nSPS) is 13.3. The van der Waals surface area contributed by atoms with E-state index in [1.165, 1.54) is 19.0 Å². The summed E-state index contributed by atoms with van der Waals surface area (Å²) in [7, 11) is 3.05. The summed E-state index contributed by atoms with van der Waals surface area (Å²) in [4.78, 5) is 34.5. The molecule has 0 heterocycles. The van der Waals surface area contributed by atoms with Crippen LogP contribution in [-0.4, -0.2) is 66.3 Å². The van der Waals surface area contributed by atoms with Crippen LogP contribution in [0.4, 0.5) is 4.79 Å². The lowest BCUT2D eigenvalue weighted by Crippen LogP contribution is -2.43. The van der Waals surface area contributed by atoms with E-state index in [1.54, 1.807) is 6.92 Å². The lowest BCUT2D eigenvalue weighted by molar-refractivity contribution is -0.146.